The van der Waals surface area contributed by atoms with Crippen molar-refractivity contribution in [2.24, 2.45) is 5.73 Å². The highest BCUT2D eigenvalue weighted by Crippen LogP contribution is 2.21. The zero-order valence-corrected chi connectivity index (χ0v) is 9.08. The van der Waals surface area contributed by atoms with Crippen LogP contribution in [-0.2, 0) is 4.79 Å². The Hall–Kier alpha value is -1.83. The Morgan fingerprint density at radius 1 is 1.33 bits per heavy atom. The van der Waals surface area contributed by atoms with Crippen molar-refractivity contribution < 1.29 is 4.79 Å². The molecule has 15 heavy (non-hydrogen) atoms. The van der Waals surface area contributed by atoms with E-state index in [1.807, 2.05) is 38.1 Å². The van der Waals surface area contributed by atoms with E-state index in [0.717, 1.165) is 16.7 Å². The Labute approximate surface area is 90.1 Å². The highest BCUT2D eigenvalue weighted by molar-refractivity contribution is 5.97. The number of rotatable bonds is 3. The van der Waals surface area contributed by atoms with E-state index in [9.17, 15) is 4.79 Å². The van der Waals surface area contributed by atoms with E-state index in [4.69, 9.17) is 5.73 Å². The van der Waals surface area contributed by atoms with Gasteiger partial charge in [-0.15, -0.1) is 0 Å². The van der Waals surface area contributed by atoms with Gasteiger partial charge in [0.2, 0.25) is 5.91 Å². The van der Waals surface area contributed by atoms with Crippen molar-refractivity contribution in [1.29, 1.82) is 0 Å². The summed E-state index contributed by atoms with van der Waals surface area (Å²) in [6.07, 6.45) is 1.41. The monoisotopic (exact) mass is 201 g/mol. The van der Waals surface area contributed by atoms with E-state index in [1.54, 1.807) is 0 Å². The average Bonchev–Trinajstić information content (AvgIpc) is 2.15. The fraction of sp³-hybridized carbons (Fsp3) is 0.154. The maximum Gasteiger partial charge on any atom is 0.242 e. The summed E-state index contributed by atoms with van der Waals surface area (Å²) in [5.41, 5.74) is 8.91. The minimum absolute atomic E-state index is 0.450. The van der Waals surface area contributed by atoms with Gasteiger partial charge in [0.15, 0.2) is 0 Å². The van der Waals surface area contributed by atoms with Crippen LogP contribution in [0, 0.1) is 6.92 Å². The SMILES string of the molecule is C=C(C)/C(=C\C(N)=O)c1ccc(C)cc1. The Balaban J connectivity index is 3.16. The molecule has 2 heteroatoms. The summed E-state index contributed by atoms with van der Waals surface area (Å²) >= 11 is 0. The molecule has 0 atom stereocenters. The fourth-order valence-corrected chi connectivity index (χ4v) is 1.33. The van der Waals surface area contributed by atoms with Gasteiger partial charge in [0.25, 0.3) is 0 Å². The van der Waals surface area contributed by atoms with Gasteiger partial charge in [-0.05, 0) is 25.0 Å². The molecule has 2 nitrogen and oxygen atoms in total. The molecule has 0 spiro atoms. The van der Waals surface area contributed by atoms with Crippen LogP contribution in [0.2, 0.25) is 0 Å². The van der Waals surface area contributed by atoms with E-state index in [2.05, 4.69) is 6.58 Å². The van der Waals surface area contributed by atoms with Crippen LogP contribution in [0.25, 0.3) is 5.57 Å². The number of amides is 1. The van der Waals surface area contributed by atoms with Crippen LogP contribution in [-0.4, -0.2) is 5.91 Å². The molecule has 1 aromatic carbocycles. The maximum absolute atomic E-state index is 10.9. The first-order valence-corrected chi connectivity index (χ1v) is 4.75. The third-order valence-electron chi connectivity index (χ3n) is 2.11. The van der Waals surface area contributed by atoms with Gasteiger partial charge in [-0.3, -0.25) is 4.79 Å². The first-order valence-electron chi connectivity index (χ1n) is 4.75. The molecular formula is C13H15NO. The Kier molecular flexibility index (Phi) is 3.45. The molecule has 0 saturated heterocycles. The smallest absolute Gasteiger partial charge is 0.242 e. The van der Waals surface area contributed by atoms with E-state index >= 15 is 0 Å². The minimum atomic E-state index is -0.450. The van der Waals surface area contributed by atoms with Crippen LogP contribution in [0.4, 0.5) is 0 Å². The maximum atomic E-state index is 10.9. The quantitative estimate of drug-likeness (QED) is 0.592. The Bertz CT molecular complexity index is 413. The number of hydrogen-bond acceptors (Lipinski definition) is 1. The highest BCUT2D eigenvalue weighted by atomic mass is 16.1. The molecule has 0 radical (unpaired) electrons. The molecule has 0 bridgehead atoms. The number of allylic oxidation sites excluding steroid dienone is 2. The van der Waals surface area contributed by atoms with Crippen molar-refractivity contribution in [3.05, 3.63) is 53.6 Å². The number of nitrogens with two attached hydrogens (primary N) is 1. The van der Waals surface area contributed by atoms with E-state index < -0.39 is 5.91 Å². The molecular weight excluding hydrogens is 186 g/mol. The van der Waals surface area contributed by atoms with Gasteiger partial charge < -0.3 is 5.73 Å². The lowest BCUT2D eigenvalue weighted by atomic mass is 9.99. The summed E-state index contributed by atoms with van der Waals surface area (Å²) in [6, 6.07) is 7.90. The summed E-state index contributed by atoms with van der Waals surface area (Å²) in [5.74, 6) is -0.450. The van der Waals surface area contributed by atoms with E-state index in [0.29, 0.717) is 0 Å². The lowest BCUT2D eigenvalue weighted by molar-refractivity contribution is -0.113. The molecule has 1 aromatic rings. The van der Waals surface area contributed by atoms with Crippen molar-refractivity contribution in [2.75, 3.05) is 0 Å². The third kappa shape index (κ3) is 3.09. The van der Waals surface area contributed by atoms with Crippen molar-refractivity contribution in [2.45, 2.75) is 13.8 Å². The van der Waals surface area contributed by atoms with Crippen LogP contribution in [0.15, 0.2) is 42.5 Å². The lowest BCUT2D eigenvalue weighted by Crippen LogP contribution is -2.07. The van der Waals surface area contributed by atoms with Crippen molar-refractivity contribution in [3.63, 3.8) is 0 Å². The molecule has 1 rings (SSSR count). The molecule has 0 unspecified atom stereocenters. The first kappa shape index (κ1) is 11.2. The molecule has 1 amide bonds. The van der Waals surface area contributed by atoms with Gasteiger partial charge in [0, 0.05) is 6.08 Å². The predicted molar refractivity (Wildman–Crippen MR) is 63.2 cm³/mol. The second-order valence-corrected chi connectivity index (χ2v) is 3.61. The molecule has 0 aliphatic heterocycles. The van der Waals surface area contributed by atoms with Crippen LogP contribution < -0.4 is 5.73 Å². The summed E-state index contributed by atoms with van der Waals surface area (Å²) < 4.78 is 0. The number of hydrogen-bond donors (Lipinski definition) is 1. The van der Waals surface area contributed by atoms with Crippen LogP contribution in [0.1, 0.15) is 18.1 Å². The van der Waals surface area contributed by atoms with E-state index in [-0.39, 0.29) is 0 Å². The molecule has 0 fully saturated rings. The number of aryl methyl sites for hydroxylation is 1. The lowest BCUT2D eigenvalue weighted by Gasteiger charge is -2.06. The van der Waals surface area contributed by atoms with Gasteiger partial charge in [0.05, 0.1) is 0 Å². The largest absolute Gasteiger partial charge is 0.366 e. The number of primary amides is 1. The number of benzene rings is 1. The second-order valence-electron chi connectivity index (χ2n) is 3.61. The summed E-state index contributed by atoms with van der Waals surface area (Å²) in [6.45, 7) is 7.70. The molecule has 0 aliphatic carbocycles. The zero-order chi connectivity index (χ0) is 11.4. The first-order chi connectivity index (χ1) is 7.00. The van der Waals surface area contributed by atoms with Crippen LogP contribution in [0.3, 0.4) is 0 Å². The number of carbonyl (C=O) groups excluding carboxylic acids is 1. The van der Waals surface area contributed by atoms with Gasteiger partial charge in [0.1, 0.15) is 0 Å². The third-order valence-corrected chi connectivity index (χ3v) is 2.11. The molecule has 0 saturated carbocycles. The van der Waals surface area contributed by atoms with Crippen LogP contribution in [0.5, 0.6) is 0 Å². The minimum Gasteiger partial charge on any atom is -0.366 e. The Morgan fingerprint density at radius 3 is 2.27 bits per heavy atom. The van der Waals surface area contributed by atoms with Crippen molar-refractivity contribution in [1.82, 2.24) is 0 Å². The zero-order valence-electron chi connectivity index (χ0n) is 9.08. The highest BCUT2D eigenvalue weighted by Gasteiger charge is 2.03. The van der Waals surface area contributed by atoms with E-state index in [1.165, 1.54) is 11.6 Å². The summed E-state index contributed by atoms with van der Waals surface area (Å²) in [4.78, 5) is 10.9. The molecule has 0 aromatic heterocycles. The fourth-order valence-electron chi connectivity index (χ4n) is 1.33. The van der Waals surface area contributed by atoms with Gasteiger partial charge in [-0.1, -0.05) is 42.0 Å². The summed E-state index contributed by atoms with van der Waals surface area (Å²) in [5, 5.41) is 0. The number of carbonyl (C=O) groups is 1. The second kappa shape index (κ2) is 4.60. The molecule has 0 aliphatic rings. The Morgan fingerprint density at radius 2 is 1.87 bits per heavy atom. The summed E-state index contributed by atoms with van der Waals surface area (Å²) in [7, 11) is 0. The van der Waals surface area contributed by atoms with Crippen molar-refractivity contribution in [3.8, 4) is 0 Å². The van der Waals surface area contributed by atoms with Crippen LogP contribution >= 0.6 is 0 Å². The van der Waals surface area contributed by atoms with Gasteiger partial charge in [-0.2, -0.15) is 0 Å². The standard InChI is InChI=1S/C13H15NO/c1-9(2)12(8-13(14)15)11-6-4-10(3)5-7-11/h4-8H,1H2,2-3H3,(H2,14,15)/b12-8+. The van der Waals surface area contributed by atoms with Crippen molar-refractivity contribution >= 4 is 11.5 Å². The topological polar surface area (TPSA) is 43.1 Å². The van der Waals surface area contributed by atoms with Gasteiger partial charge >= 0.3 is 0 Å². The normalized spacial score (nSPS) is 11.2. The molecule has 2 N–H and O–H groups in total. The average molecular weight is 201 g/mol. The molecule has 78 valence electrons. The van der Waals surface area contributed by atoms with Gasteiger partial charge in [-0.25, -0.2) is 0 Å². The predicted octanol–water partition coefficient (Wildman–Crippen LogP) is 2.44. The molecule has 0 heterocycles.